The molecule has 62 valence electrons. The van der Waals surface area contributed by atoms with E-state index < -0.39 is 0 Å². The molecule has 0 N–H and O–H groups in total. The smallest absolute Gasteiger partial charge is 0.238 e. The number of nitrogens with zero attached hydrogens (tertiary/aromatic N) is 1. The molecule has 2 nitrogen and oxygen atoms in total. The van der Waals surface area contributed by atoms with Crippen molar-refractivity contribution in [3.63, 3.8) is 0 Å². The summed E-state index contributed by atoms with van der Waals surface area (Å²) in [6, 6.07) is 0. The predicted octanol–water partition coefficient (Wildman–Crippen LogP) is 1.65. The maximum absolute atomic E-state index is 11.1. The molecule has 0 spiro atoms. The first-order valence-electron chi connectivity index (χ1n) is 3.73. The van der Waals surface area contributed by atoms with Gasteiger partial charge in [-0.2, -0.15) is 0 Å². The minimum absolute atomic E-state index is 0.174. The molecule has 1 rings (SSSR count). The third kappa shape index (κ3) is 2.17. The maximum Gasteiger partial charge on any atom is 0.238 e. The Morgan fingerprint density at radius 3 is 2.91 bits per heavy atom. The normalized spacial score (nSPS) is 18.1. The highest BCUT2D eigenvalue weighted by Gasteiger charge is 2.25. The molecule has 4 heteroatoms. The first-order valence-corrected chi connectivity index (χ1v) is 5.12. The number of hydrogen-bond donors (Lipinski definition) is 0. The van der Waals surface area contributed by atoms with Crippen molar-refractivity contribution in [3.05, 3.63) is 0 Å². The molecule has 0 saturated carbocycles. The van der Waals surface area contributed by atoms with Gasteiger partial charge < -0.3 is 0 Å². The van der Waals surface area contributed by atoms with Gasteiger partial charge in [0.2, 0.25) is 5.91 Å². The van der Waals surface area contributed by atoms with Crippen LogP contribution in [0.3, 0.4) is 0 Å². The van der Waals surface area contributed by atoms with E-state index >= 15 is 0 Å². The topological polar surface area (TPSA) is 20.3 Å². The summed E-state index contributed by atoms with van der Waals surface area (Å²) >= 11 is 6.47. The van der Waals surface area contributed by atoms with Crippen molar-refractivity contribution in [2.45, 2.75) is 19.8 Å². The average Bonchev–Trinajstić information content (AvgIpc) is 2.29. The maximum atomic E-state index is 11.1. The van der Waals surface area contributed by atoms with Crippen molar-refractivity contribution in [2.75, 3.05) is 12.3 Å². The fourth-order valence-corrected chi connectivity index (χ4v) is 2.03. The van der Waals surface area contributed by atoms with Crippen molar-refractivity contribution >= 4 is 34.2 Å². The summed E-state index contributed by atoms with van der Waals surface area (Å²) in [5.74, 6) is 0.719. The van der Waals surface area contributed by atoms with E-state index in [-0.39, 0.29) is 5.91 Å². The van der Waals surface area contributed by atoms with E-state index in [2.05, 4.69) is 6.92 Å². The SMILES string of the molecule is CCCCN1C(=O)CSC1=S. The Morgan fingerprint density at radius 2 is 2.45 bits per heavy atom. The quantitative estimate of drug-likeness (QED) is 0.630. The Bertz CT molecular complexity index is 165. The second-order valence-electron chi connectivity index (χ2n) is 2.45. The first-order chi connectivity index (χ1) is 5.25. The Labute approximate surface area is 76.3 Å². The van der Waals surface area contributed by atoms with Crippen LogP contribution in [0.4, 0.5) is 0 Å². The van der Waals surface area contributed by atoms with E-state index in [0.717, 1.165) is 23.7 Å². The van der Waals surface area contributed by atoms with Gasteiger partial charge in [0.25, 0.3) is 0 Å². The summed E-state index contributed by atoms with van der Waals surface area (Å²) < 4.78 is 0.753. The molecule has 0 bridgehead atoms. The highest BCUT2D eigenvalue weighted by atomic mass is 32.2. The monoisotopic (exact) mass is 189 g/mol. The molecule has 1 aliphatic heterocycles. The van der Waals surface area contributed by atoms with Crippen LogP contribution in [-0.4, -0.2) is 27.4 Å². The van der Waals surface area contributed by atoms with Crippen molar-refractivity contribution in [2.24, 2.45) is 0 Å². The van der Waals surface area contributed by atoms with Gasteiger partial charge in [-0.15, -0.1) is 0 Å². The second-order valence-corrected chi connectivity index (χ2v) is 4.06. The zero-order valence-corrected chi connectivity index (χ0v) is 8.13. The number of amides is 1. The van der Waals surface area contributed by atoms with Crippen molar-refractivity contribution < 1.29 is 4.79 Å². The highest BCUT2D eigenvalue weighted by molar-refractivity contribution is 8.23. The Balaban J connectivity index is 2.41. The van der Waals surface area contributed by atoms with Crippen LogP contribution in [0.15, 0.2) is 0 Å². The number of carbonyl (C=O) groups excluding carboxylic acids is 1. The summed E-state index contributed by atoms with van der Waals surface area (Å²) in [4.78, 5) is 12.8. The van der Waals surface area contributed by atoms with Gasteiger partial charge in [0.1, 0.15) is 4.32 Å². The fraction of sp³-hybridized carbons (Fsp3) is 0.714. The van der Waals surface area contributed by atoms with Gasteiger partial charge in [-0.1, -0.05) is 37.3 Å². The van der Waals surface area contributed by atoms with Crippen LogP contribution < -0.4 is 0 Å². The lowest BCUT2D eigenvalue weighted by molar-refractivity contribution is -0.124. The third-order valence-electron chi connectivity index (χ3n) is 1.58. The summed E-state index contributed by atoms with van der Waals surface area (Å²) in [6.07, 6.45) is 2.16. The molecule has 0 aromatic carbocycles. The van der Waals surface area contributed by atoms with Crippen LogP contribution in [0, 0.1) is 0 Å². The molecule has 0 atom stereocenters. The average molecular weight is 189 g/mol. The van der Waals surface area contributed by atoms with Gasteiger partial charge in [-0.25, -0.2) is 0 Å². The van der Waals surface area contributed by atoms with E-state index in [1.54, 1.807) is 4.90 Å². The van der Waals surface area contributed by atoms with Gasteiger partial charge in [0, 0.05) is 6.54 Å². The predicted molar refractivity (Wildman–Crippen MR) is 51.7 cm³/mol. The molecule has 0 aromatic rings. The second kappa shape index (κ2) is 4.07. The number of hydrogen-bond acceptors (Lipinski definition) is 3. The Kier molecular flexibility index (Phi) is 3.33. The molecule has 1 amide bonds. The summed E-state index contributed by atoms with van der Waals surface area (Å²) in [6.45, 7) is 2.91. The van der Waals surface area contributed by atoms with Crippen LogP contribution in [0.2, 0.25) is 0 Å². The van der Waals surface area contributed by atoms with Crippen LogP contribution in [0.5, 0.6) is 0 Å². The molecule has 1 fully saturated rings. The van der Waals surface area contributed by atoms with E-state index in [1.165, 1.54) is 11.8 Å². The highest BCUT2D eigenvalue weighted by Crippen LogP contribution is 2.19. The van der Waals surface area contributed by atoms with Gasteiger partial charge >= 0.3 is 0 Å². The van der Waals surface area contributed by atoms with Crippen molar-refractivity contribution in [1.82, 2.24) is 4.90 Å². The standard InChI is InChI=1S/C7H11NOS2/c1-2-3-4-8-6(9)5-11-7(8)10/h2-5H2,1H3. The van der Waals surface area contributed by atoms with E-state index in [4.69, 9.17) is 12.2 Å². The number of unbranched alkanes of at least 4 members (excludes halogenated alkanes) is 1. The molecular weight excluding hydrogens is 178 g/mol. The third-order valence-corrected chi connectivity index (χ3v) is 3.01. The number of rotatable bonds is 3. The minimum atomic E-state index is 0.174. The van der Waals surface area contributed by atoms with Gasteiger partial charge in [-0.3, -0.25) is 9.69 Å². The van der Waals surface area contributed by atoms with Gasteiger partial charge in [0.15, 0.2) is 0 Å². The molecule has 0 radical (unpaired) electrons. The molecule has 11 heavy (non-hydrogen) atoms. The van der Waals surface area contributed by atoms with Crippen LogP contribution in [0.25, 0.3) is 0 Å². The van der Waals surface area contributed by atoms with Crippen LogP contribution >= 0.6 is 24.0 Å². The van der Waals surface area contributed by atoms with Crippen molar-refractivity contribution in [1.29, 1.82) is 0 Å². The number of thiocarbonyl (C=S) groups is 1. The molecule has 1 saturated heterocycles. The molecule has 1 aliphatic rings. The zero-order chi connectivity index (χ0) is 8.27. The Morgan fingerprint density at radius 1 is 1.73 bits per heavy atom. The molecule has 1 heterocycles. The largest absolute Gasteiger partial charge is 0.297 e. The molecular formula is C7H11NOS2. The van der Waals surface area contributed by atoms with Crippen LogP contribution in [0.1, 0.15) is 19.8 Å². The van der Waals surface area contributed by atoms with Gasteiger partial charge in [0.05, 0.1) is 5.75 Å². The van der Waals surface area contributed by atoms with E-state index in [0.29, 0.717) is 5.75 Å². The van der Waals surface area contributed by atoms with Gasteiger partial charge in [-0.05, 0) is 6.42 Å². The molecule has 0 aliphatic carbocycles. The van der Waals surface area contributed by atoms with E-state index in [9.17, 15) is 4.79 Å². The van der Waals surface area contributed by atoms with Crippen molar-refractivity contribution in [3.8, 4) is 0 Å². The minimum Gasteiger partial charge on any atom is -0.297 e. The van der Waals surface area contributed by atoms with Crippen LogP contribution in [-0.2, 0) is 4.79 Å². The lowest BCUT2D eigenvalue weighted by Gasteiger charge is -2.13. The molecule has 0 unspecified atom stereocenters. The summed E-state index contributed by atoms with van der Waals surface area (Å²) in [5.41, 5.74) is 0. The summed E-state index contributed by atoms with van der Waals surface area (Å²) in [7, 11) is 0. The number of carbonyl (C=O) groups is 1. The van der Waals surface area contributed by atoms with E-state index in [1.807, 2.05) is 0 Å². The number of thioether (sulfide) groups is 1. The lowest BCUT2D eigenvalue weighted by Crippen LogP contribution is -2.29. The zero-order valence-electron chi connectivity index (χ0n) is 6.50. The fourth-order valence-electron chi connectivity index (χ4n) is 0.913. The molecule has 0 aromatic heterocycles. The Hall–Kier alpha value is -0.0900. The lowest BCUT2D eigenvalue weighted by atomic mass is 10.3. The summed E-state index contributed by atoms with van der Waals surface area (Å²) in [5, 5.41) is 0. The first kappa shape index (κ1) is 9.00.